The molecule has 1 heterocycles. The van der Waals surface area contributed by atoms with Crippen LogP contribution in [0.1, 0.15) is 54.9 Å². The number of halogens is 4. The van der Waals surface area contributed by atoms with Gasteiger partial charge in [-0.1, -0.05) is 26.2 Å². The van der Waals surface area contributed by atoms with E-state index in [4.69, 9.17) is 0 Å². The van der Waals surface area contributed by atoms with Gasteiger partial charge >= 0.3 is 0 Å². The molecule has 2 rings (SSSR count). The van der Waals surface area contributed by atoms with Crippen LogP contribution in [0.5, 0.6) is 0 Å². The number of amides is 1. The summed E-state index contributed by atoms with van der Waals surface area (Å²) in [5.74, 6) is -8.62. The first kappa shape index (κ1) is 16.7. The molecule has 7 heteroatoms. The van der Waals surface area contributed by atoms with E-state index in [1.807, 2.05) is 6.92 Å². The van der Waals surface area contributed by atoms with Crippen molar-refractivity contribution in [3.05, 3.63) is 34.4 Å². The van der Waals surface area contributed by atoms with Crippen LogP contribution in [0.15, 0.2) is 0 Å². The number of carbonyl (C=O) groups is 1. The Morgan fingerprint density at radius 2 is 1.59 bits per heavy atom. The third-order valence-corrected chi connectivity index (χ3v) is 4.12. The minimum absolute atomic E-state index is 0.0797. The summed E-state index contributed by atoms with van der Waals surface area (Å²) in [4.78, 5) is 12.7. The highest BCUT2D eigenvalue weighted by Crippen LogP contribution is 2.43. The number of unbranched alkanes of at least 4 members (excludes halogenated alkanes) is 3. The Labute approximate surface area is 125 Å². The monoisotopic (exact) mass is 319 g/mol. The Bertz CT molecular complexity index is 620. The summed E-state index contributed by atoms with van der Waals surface area (Å²) in [6.07, 6.45) is 2.86. The number of hydrogen-bond donors (Lipinski definition) is 1. The summed E-state index contributed by atoms with van der Waals surface area (Å²) in [6.45, 7) is 1.97. The van der Waals surface area contributed by atoms with Crippen LogP contribution in [0, 0.1) is 23.3 Å². The standard InChI is InChI=1S/C15H17F4NO2/c1-3-4-5-6-7-15(22)9-8(14(21)20(15)2)10(16)12(18)13(19)11(9)17/h22H,3-7H2,1-2H3. The number of fused-ring (bicyclic) bond motifs is 1. The lowest BCUT2D eigenvalue weighted by Gasteiger charge is -2.31. The molecule has 22 heavy (non-hydrogen) atoms. The molecule has 1 N–H and O–H groups in total. The van der Waals surface area contributed by atoms with Crippen molar-refractivity contribution in [1.82, 2.24) is 4.90 Å². The fourth-order valence-corrected chi connectivity index (χ4v) is 2.80. The van der Waals surface area contributed by atoms with E-state index in [-0.39, 0.29) is 6.42 Å². The van der Waals surface area contributed by atoms with Crippen LogP contribution in [-0.4, -0.2) is 23.0 Å². The Morgan fingerprint density at radius 3 is 2.18 bits per heavy atom. The smallest absolute Gasteiger partial charge is 0.259 e. The van der Waals surface area contributed by atoms with Gasteiger partial charge in [-0.25, -0.2) is 17.6 Å². The molecule has 0 fully saturated rings. The largest absolute Gasteiger partial charge is 0.366 e. The third kappa shape index (κ3) is 2.27. The van der Waals surface area contributed by atoms with Gasteiger partial charge in [-0.3, -0.25) is 4.79 Å². The van der Waals surface area contributed by atoms with Gasteiger partial charge in [0.15, 0.2) is 29.0 Å². The fourth-order valence-electron chi connectivity index (χ4n) is 2.80. The molecule has 0 spiro atoms. The van der Waals surface area contributed by atoms with Gasteiger partial charge in [0, 0.05) is 7.05 Å². The van der Waals surface area contributed by atoms with Crippen molar-refractivity contribution in [3.8, 4) is 0 Å². The highest BCUT2D eigenvalue weighted by atomic mass is 19.2. The number of aliphatic hydroxyl groups is 1. The molecule has 0 saturated heterocycles. The lowest BCUT2D eigenvalue weighted by molar-refractivity contribution is -0.0824. The van der Waals surface area contributed by atoms with Crippen molar-refractivity contribution in [3.63, 3.8) is 0 Å². The Balaban J connectivity index is 2.51. The van der Waals surface area contributed by atoms with E-state index < -0.39 is 46.0 Å². The second-order valence-electron chi connectivity index (χ2n) is 5.50. The van der Waals surface area contributed by atoms with Crippen molar-refractivity contribution in [2.45, 2.75) is 44.8 Å². The summed E-state index contributed by atoms with van der Waals surface area (Å²) in [5, 5.41) is 10.6. The van der Waals surface area contributed by atoms with Gasteiger partial charge in [0.05, 0.1) is 11.1 Å². The fraction of sp³-hybridized carbons (Fsp3) is 0.533. The topological polar surface area (TPSA) is 40.5 Å². The van der Waals surface area contributed by atoms with Crippen molar-refractivity contribution in [2.75, 3.05) is 7.05 Å². The molecule has 1 aromatic rings. The molecule has 0 aliphatic carbocycles. The van der Waals surface area contributed by atoms with E-state index >= 15 is 0 Å². The molecule has 0 saturated carbocycles. The summed E-state index contributed by atoms with van der Waals surface area (Å²) in [5.41, 5.74) is -3.91. The molecular formula is C15H17F4NO2. The van der Waals surface area contributed by atoms with Crippen molar-refractivity contribution in [2.24, 2.45) is 0 Å². The maximum absolute atomic E-state index is 14.0. The maximum Gasteiger partial charge on any atom is 0.259 e. The molecule has 1 aliphatic heterocycles. The molecule has 3 nitrogen and oxygen atoms in total. The third-order valence-electron chi connectivity index (χ3n) is 4.12. The quantitative estimate of drug-likeness (QED) is 0.391. The average molecular weight is 319 g/mol. The second-order valence-corrected chi connectivity index (χ2v) is 5.50. The molecule has 1 atom stereocenters. The normalized spacial score (nSPS) is 20.7. The van der Waals surface area contributed by atoms with E-state index in [2.05, 4.69) is 0 Å². The molecule has 1 amide bonds. The zero-order valence-electron chi connectivity index (χ0n) is 12.4. The first-order valence-electron chi connectivity index (χ1n) is 7.14. The maximum atomic E-state index is 14.0. The lowest BCUT2D eigenvalue weighted by Crippen LogP contribution is -2.41. The van der Waals surface area contributed by atoms with Crippen LogP contribution < -0.4 is 0 Å². The first-order chi connectivity index (χ1) is 10.3. The lowest BCUT2D eigenvalue weighted by atomic mass is 9.94. The van der Waals surface area contributed by atoms with Crippen LogP contribution in [-0.2, 0) is 5.72 Å². The zero-order valence-corrected chi connectivity index (χ0v) is 12.4. The van der Waals surface area contributed by atoms with Crippen LogP contribution in [0.2, 0.25) is 0 Å². The van der Waals surface area contributed by atoms with E-state index in [0.717, 1.165) is 24.8 Å². The molecule has 1 aromatic carbocycles. The van der Waals surface area contributed by atoms with Gasteiger partial charge < -0.3 is 10.0 Å². The molecule has 1 unspecified atom stereocenters. The minimum atomic E-state index is -2.17. The van der Waals surface area contributed by atoms with Crippen LogP contribution >= 0.6 is 0 Å². The zero-order chi connectivity index (χ0) is 16.7. The molecule has 122 valence electrons. The van der Waals surface area contributed by atoms with Gasteiger partial charge in [0.2, 0.25) is 0 Å². The first-order valence-corrected chi connectivity index (χ1v) is 7.14. The summed E-state index contributed by atoms with van der Waals surface area (Å²) in [7, 11) is 1.15. The number of nitrogens with zero attached hydrogens (tertiary/aromatic N) is 1. The summed E-state index contributed by atoms with van der Waals surface area (Å²) in [6, 6.07) is 0. The van der Waals surface area contributed by atoms with Crippen molar-refractivity contribution in [1.29, 1.82) is 0 Å². The highest BCUT2D eigenvalue weighted by Gasteiger charge is 2.51. The van der Waals surface area contributed by atoms with E-state index in [9.17, 15) is 27.5 Å². The number of rotatable bonds is 5. The Morgan fingerprint density at radius 1 is 1.00 bits per heavy atom. The van der Waals surface area contributed by atoms with Gasteiger partial charge in [-0.05, 0) is 12.8 Å². The van der Waals surface area contributed by atoms with E-state index in [0.29, 0.717) is 12.8 Å². The van der Waals surface area contributed by atoms with Crippen LogP contribution in [0.4, 0.5) is 17.6 Å². The molecule has 0 radical (unpaired) electrons. The molecule has 0 aromatic heterocycles. The summed E-state index contributed by atoms with van der Waals surface area (Å²) >= 11 is 0. The molecular weight excluding hydrogens is 302 g/mol. The number of carbonyl (C=O) groups excluding carboxylic acids is 1. The highest BCUT2D eigenvalue weighted by molar-refractivity contribution is 5.99. The van der Waals surface area contributed by atoms with Crippen LogP contribution in [0.3, 0.4) is 0 Å². The minimum Gasteiger partial charge on any atom is -0.366 e. The number of hydrogen-bond acceptors (Lipinski definition) is 2. The van der Waals surface area contributed by atoms with E-state index in [1.54, 1.807) is 0 Å². The van der Waals surface area contributed by atoms with Crippen LogP contribution in [0.25, 0.3) is 0 Å². The van der Waals surface area contributed by atoms with Gasteiger partial charge in [-0.15, -0.1) is 0 Å². The van der Waals surface area contributed by atoms with Gasteiger partial charge in [-0.2, -0.15) is 0 Å². The predicted octanol–water partition coefficient (Wildman–Crippen LogP) is 3.44. The summed E-state index contributed by atoms with van der Waals surface area (Å²) < 4.78 is 54.6. The predicted molar refractivity (Wildman–Crippen MR) is 71.0 cm³/mol. The Hall–Kier alpha value is -1.63. The Kier molecular flexibility index (Phi) is 4.47. The molecule has 1 aliphatic rings. The second kappa shape index (κ2) is 5.87. The van der Waals surface area contributed by atoms with Gasteiger partial charge in [0.1, 0.15) is 0 Å². The average Bonchev–Trinajstić information content (AvgIpc) is 2.69. The van der Waals surface area contributed by atoms with Crippen molar-refractivity contribution < 1.29 is 27.5 Å². The van der Waals surface area contributed by atoms with Crippen molar-refractivity contribution >= 4 is 5.91 Å². The van der Waals surface area contributed by atoms with Gasteiger partial charge in [0.25, 0.3) is 5.91 Å². The molecule has 0 bridgehead atoms. The van der Waals surface area contributed by atoms with E-state index in [1.165, 1.54) is 0 Å². The number of benzene rings is 1. The SMILES string of the molecule is CCCCCCC1(O)c2c(F)c(F)c(F)c(F)c2C(=O)N1C.